The number of fused-ring (bicyclic) bond motifs is 3. The molecular formula is C18H20FN6O2+. The Balaban J connectivity index is 1.60. The van der Waals surface area contributed by atoms with E-state index < -0.39 is 12.1 Å². The highest BCUT2D eigenvalue weighted by atomic mass is 19.1. The Bertz CT molecular complexity index is 982. The van der Waals surface area contributed by atoms with Crippen molar-refractivity contribution in [1.82, 2.24) is 14.4 Å². The number of amides is 3. The molecule has 1 unspecified atom stereocenters. The van der Waals surface area contributed by atoms with Gasteiger partial charge in [0, 0.05) is 20.6 Å². The number of hydrogen-bond acceptors (Lipinski definition) is 4. The van der Waals surface area contributed by atoms with Crippen LogP contribution in [-0.4, -0.2) is 52.8 Å². The SMILES string of the molecule is Cc1c[n+]2c(n1CCNc1ccccc1F)N=C1C2C(=O)N(C)C(=O)N1C. The largest absolute Gasteiger partial charge is 0.401 e. The second-order valence-corrected chi connectivity index (χ2v) is 6.65. The number of para-hydroxylation sites is 1. The number of likely N-dealkylation sites (N-methyl/N-ethyl adjacent to an activating group) is 2. The minimum absolute atomic E-state index is 0.303. The first kappa shape index (κ1) is 17.2. The van der Waals surface area contributed by atoms with Gasteiger partial charge in [-0.3, -0.25) is 14.6 Å². The summed E-state index contributed by atoms with van der Waals surface area (Å²) >= 11 is 0. The summed E-state index contributed by atoms with van der Waals surface area (Å²) in [6.07, 6.45) is 1.86. The van der Waals surface area contributed by atoms with E-state index in [1.165, 1.54) is 18.0 Å². The number of imidazole rings is 1. The van der Waals surface area contributed by atoms with Crippen molar-refractivity contribution in [3.8, 4) is 0 Å². The fraction of sp³-hybridized carbons (Fsp3) is 0.333. The van der Waals surface area contributed by atoms with Gasteiger partial charge in [0.15, 0.2) is 0 Å². The number of nitrogens with zero attached hydrogens (tertiary/aromatic N) is 5. The third-order valence-corrected chi connectivity index (χ3v) is 4.97. The van der Waals surface area contributed by atoms with Gasteiger partial charge < -0.3 is 5.32 Å². The summed E-state index contributed by atoms with van der Waals surface area (Å²) < 4.78 is 17.5. The van der Waals surface area contributed by atoms with E-state index in [2.05, 4.69) is 10.3 Å². The summed E-state index contributed by atoms with van der Waals surface area (Å²) in [4.78, 5) is 31.8. The lowest BCUT2D eigenvalue weighted by molar-refractivity contribution is -0.677. The predicted octanol–water partition coefficient (Wildman–Crippen LogP) is 1.44. The van der Waals surface area contributed by atoms with Gasteiger partial charge in [0.1, 0.15) is 17.7 Å². The summed E-state index contributed by atoms with van der Waals surface area (Å²) in [6.45, 7) is 2.95. The Kier molecular flexibility index (Phi) is 3.94. The van der Waals surface area contributed by atoms with Gasteiger partial charge in [-0.25, -0.2) is 18.3 Å². The Morgan fingerprint density at radius 2 is 1.96 bits per heavy atom. The predicted molar refractivity (Wildman–Crippen MR) is 96.3 cm³/mol. The zero-order valence-electron chi connectivity index (χ0n) is 15.3. The third kappa shape index (κ3) is 2.57. The molecule has 0 radical (unpaired) electrons. The maximum Gasteiger partial charge on any atom is 0.401 e. The maximum absolute atomic E-state index is 13.7. The summed E-state index contributed by atoms with van der Waals surface area (Å²) in [5, 5.41) is 3.07. The van der Waals surface area contributed by atoms with Crippen LogP contribution in [-0.2, 0) is 11.3 Å². The molecule has 2 aliphatic rings. The fourth-order valence-electron chi connectivity index (χ4n) is 3.49. The number of urea groups is 1. The molecule has 1 N–H and O–H groups in total. The van der Waals surface area contributed by atoms with E-state index in [1.807, 2.05) is 17.7 Å². The molecule has 2 aliphatic heterocycles. The van der Waals surface area contributed by atoms with Crippen molar-refractivity contribution in [3.63, 3.8) is 0 Å². The lowest BCUT2D eigenvalue weighted by atomic mass is 10.2. The van der Waals surface area contributed by atoms with Crippen molar-refractivity contribution in [2.24, 2.45) is 4.99 Å². The molecule has 3 heterocycles. The lowest BCUT2D eigenvalue weighted by Crippen LogP contribution is -2.61. The minimum Gasteiger partial charge on any atom is -0.379 e. The number of imide groups is 1. The molecule has 8 nitrogen and oxygen atoms in total. The molecule has 2 aromatic rings. The van der Waals surface area contributed by atoms with E-state index in [4.69, 9.17) is 0 Å². The van der Waals surface area contributed by atoms with Gasteiger partial charge in [0.25, 0.3) is 5.91 Å². The monoisotopic (exact) mass is 371 g/mol. The summed E-state index contributed by atoms with van der Waals surface area (Å²) in [7, 11) is 3.08. The van der Waals surface area contributed by atoms with Crippen molar-refractivity contribution in [2.45, 2.75) is 19.5 Å². The Hall–Kier alpha value is -3.23. The van der Waals surface area contributed by atoms with Gasteiger partial charge in [-0.2, -0.15) is 0 Å². The van der Waals surface area contributed by atoms with Crippen molar-refractivity contribution in [3.05, 3.63) is 42.0 Å². The number of amidine groups is 1. The summed E-state index contributed by atoms with van der Waals surface area (Å²) in [6, 6.07) is 5.47. The maximum atomic E-state index is 13.7. The molecule has 0 aliphatic carbocycles. The Morgan fingerprint density at radius 3 is 2.70 bits per heavy atom. The molecule has 0 saturated carbocycles. The highest BCUT2D eigenvalue weighted by Crippen LogP contribution is 2.28. The number of aliphatic imine (C=N–C) groups is 1. The van der Waals surface area contributed by atoms with Gasteiger partial charge in [0.05, 0.1) is 12.2 Å². The van der Waals surface area contributed by atoms with Crippen LogP contribution in [0.1, 0.15) is 11.7 Å². The van der Waals surface area contributed by atoms with Crippen LogP contribution >= 0.6 is 0 Å². The second-order valence-electron chi connectivity index (χ2n) is 6.65. The van der Waals surface area contributed by atoms with Crippen molar-refractivity contribution < 1.29 is 18.5 Å². The molecule has 1 saturated heterocycles. The zero-order chi connectivity index (χ0) is 19.3. The van der Waals surface area contributed by atoms with E-state index in [-0.39, 0.29) is 11.7 Å². The van der Waals surface area contributed by atoms with Crippen LogP contribution in [0.15, 0.2) is 35.5 Å². The fourth-order valence-corrected chi connectivity index (χ4v) is 3.49. The number of anilines is 1. The number of nitrogens with one attached hydrogen (secondary N) is 1. The lowest BCUT2D eigenvalue weighted by Gasteiger charge is -2.30. The quantitative estimate of drug-likeness (QED) is 0.827. The topological polar surface area (TPSA) is 73.8 Å². The molecule has 0 spiro atoms. The Morgan fingerprint density at radius 1 is 1.22 bits per heavy atom. The van der Waals surface area contributed by atoms with Crippen LogP contribution in [0, 0.1) is 12.7 Å². The molecule has 1 aromatic heterocycles. The number of carbonyl (C=O) groups excluding carboxylic acids is 2. The third-order valence-electron chi connectivity index (χ3n) is 4.97. The van der Waals surface area contributed by atoms with Gasteiger partial charge in [-0.15, -0.1) is 0 Å². The van der Waals surface area contributed by atoms with Crippen LogP contribution in [0.25, 0.3) is 0 Å². The normalized spacial score (nSPS) is 18.5. The number of hydrogen-bond donors (Lipinski definition) is 1. The first-order chi connectivity index (χ1) is 12.9. The van der Waals surface area contributed by atoms with E-state index in [0.29, 0.717) is 30.6 Å². The standard InChI is InChI=1S/C18H20FN6O2/c1-11-10-25-14-15(22(2)18(27)23(3)16(14)26)21-17(25)24(11)9-8-20-13-7-5-4-6-12(13)19/h4-7,10,14,20H,8-9H2,1-3H3/q+1. The molecule has 9 heteroatoms. The van der Waals surface area contributed by atoms with E-state index in [9.17, 15) is 14.0 Å². The van der Waals surface area contributed by atoms with Gasteiger partial charge in [-0.05, 0) is 19.1 Å². The molecule has 3 amide bonds. The summed E-state index contributed by atoms with van der Waals surface area (Å²) in [5.41, 5.74) is 1.37. The van der Waals surface area contributed by atoms with Crippen LogP contribution in [0.2, 0.25) is 0 Å². The molecule has 4 rings (SSSR count). The second kappa shape index (κ2) is 6.19. The minimum atomic E-state index is -0.632. The van der Waals surface area contributed by atoms with E-state index in [0.717, 1.165) is 10.6 Å². The van der Waals surface area contributed by atoms with Crippen molar-refractivity contribution in [1.29, 1.82) is 0 Å². The molecule has 1 atom stereocenters. The van der Waals surface area contributed by atoms with Crippen LogP contribution in [0.4, 0.5) is 20.8 Å². The number of benzene rings is 1. The number of aryl methyl sites for hydroxylation is 1. The first-order valence-corrected chi connectivity index (χ1v) is 8.63. The van der Waals surface area contributed by atoms with Crippen LogP contribution in [0.5, 0.6) is 0 Å². The molecule has 1 aromatic carbocycles. The smallest absolute Gasteiger partial charge is 0.379 e. The molecule has 1 fully saturated rings. The highest BCUT2D eigenvalue weighted by Gasteiger charge is 2.52. The number of halogens is 1. The first-order valence-electron chi connectivity index (χ1n) is 8.63. The zero-order valence-corrected chi connectivity index (χ0v) is 15.3. The molecule has 0 bridgehead atoms. The van der Waals surface area contributed by atoms with E-state index >= 15 is 0 Å². The van der Waals surface area contributed by atoms with Gasteiger partial charge in [-0.1, -0.05) is 17.1 Å². The highest BCUT2D eigenvalue weighted by molar-refractivity contribution is 6.18. The number of rotatable bonds is 4. The summed E-state index contributed by atoms with van der Waals surface area (Å²) in [5.74, 6) is 0.420. The molecule has 140 valence electrons. The van der Waals surface area contributed by atoms with Gasteiger partial charge in [0.2, 0.25) is 11.9 Å². The van der Waals surface area contributed by atoms with Gasteiger partial charge >= 0.3 is 12.0 Å². The average Bonchev–Trinajstić information content (AvgIpc) is 3.15. The van der Waals surface area contributed by atoms with Crippen molar-refractivity contribution >= 4 is 29.4 Å². The van der Waals surface area contributed by atoms with Crippen LogP contribution < -0.4 is 9.88 Å². The number of carbonyl (C=O) groups is 2. The van der Waals surface area contributed by atoms with Crippen molar-refractivity contribution in [2.75, 3.05) is 26.0 Å². The van der Waals surface area contributed by atoms with Crippen LogP contribution in [0.3, 0.4) is 0 Å². The Labute approximate surface area is 155 Å². The average molecular weight is 371 g/mol. The molecule has 27 heavy (non-hydrogen) atoms. The number of aromatic nitrogens is 2. The molecular weight excluding hydrogens is 351 g/mol. The van der Waals surface area contributed by atoms with E-state index in [1.54, 1.807) is 29.8 Å².